The molecule has 0 saturated heterocycles. The molecule has 1 amide bonds. The molecule has 1 unspecified atom stereocenters. The van der Waals surface area contributed by atoms with E-state index in [9.17, 15) is 22.8 Å². The Hall–Kier alpha value is -4.29. The summed E-state index contributed by atoms with van der Waals surface area (Å²) in [7, 11) is 0. The fraction of sp³-hybridized carbons (Fsp3) is 0.214. The number of fused-ring (bicyclic) bond motifs is 1. The first kappa shape index (κ1) is 30.3. The van der Waals surface area contributed by atoms with Gasteiger partial charge in [-0.1, -0.05) is 36.4 Å². The third-order valence-corrected chi connectivity index (χ3v) is 6.37. The maximum absolute atomic E-state index is 13.5. The number of carboxylic acids is 1. The van der Waals surface area contributed by atoms with E-state index in [1.807, 2.05) is 62.4 Å². The Kier molecular flexibility index (Phi) is 9.97. The Morgan fingerprint density at radius 1 is 1.00 bits per heavy atom. The van der Waals surface area contributed by atoms with Gasteiger partial charge in [0.2, 0.25) is 5.78 Å². The average Bonchev–Trinajstić information content (AvgIpc) is 3.36. The summed E-state index contributed by atoms with van der Waals surface area (Å²) in [5.41, 5.74) is 8.52. The quantitative estimate of drug-likeness (QED) is 0.236. The zero-order valence-corrected chi connectivity index (χ0v) is 22.3. The molecule has 3 aromatic carbocycles. The SMILES string of the molecule is CC(C)Oc1ccc(C(=O)NC(C(=O)c2nc3ccccc3s2)c2ccc(CN)cc2)cc1.O=C(O)C(F)(F)F. The van der Waals surface area contributed by atoms with Gasteiger partial charge in [-0.2, -0.15) is 13.2 Å². The number of hydrogen-bond acceptors (Lipinski definition) is 7. The van der Waals surface area contributed by atoms with Crippen molar-refractivity contribution < 1.29 is 37.4 Å². The van der Waals surface area contributed by atoms with Crippen molar-refractivity contribution >= 4 is 39.2 Å². The van der Waals surface area contributed by atoms with Crippen molar-refractivity contribution in [3.8, 4) is 5.75 Å². The van der Waals surface area contributed by atoms with Crippen molar-refractivity contribution in [1.29, 1.82) is 0 Å². The number of carbonyl (C=O) groups excluding carboxylic acids is 2. The predicted molar refractivity (Wildman–Crippen MR) is 144 cm³/mol. The number of aliphatic carboxylic acids is 1. The van der Waals surface area contributed by atoms with Gasteiger partial charge in [-0.25, -0.2) is 9.78 Å². The van der Waals surface area contributed by atoms with Crippen LogP contribution in [0.1, 0.15) is 51.2 Å². The molecule has 4 rings (SSSR count). The van der Waals surface area contributed by atoms with E-state index in [0.29, 0.717) is 28.4 Å². The summed E-state index contributed by atoms with van der Waals surface area (Å²) in [5.74, 6) is -2.69. The zero-order chi connectivity index (χ0) is 29.4. The number of benzene rings is 3. The summed E-state index contributed by atoms with van der Waals surface area (Å²) in [4.78, 5) is 39.9. The second kappa shape index (κ2) is 13.2. The Morgan fingerprint density at radius 2 is 1.60 bits per heavy atom. The Labute approximate surface area is 231 Å². The lowest BCUT2D eigenvalue weighted by atomic mass is 10.0. The van der Waals surface area contributed by atoms with Gasteiger partial charge in [0.1, 0.15) is 11.8 Å². The standard InChI is InChI=1S/C26H25N3O3S.C2HF3O2/c1-16(2)32-20-13-11-19(12-14-20)25(31)29-23(18-9-7-17(15-27)8-10-18)24(30)26-28-21-5-3-4-6-22(21)33-26;3-2(4,5)1(6)7/h3-14,16,23H,15,27H2,1-2H3,(H,29,31);(H,6,7). The second-order valence-corrected chi connectivity index (χ2v) is 9.73. The van der Waals surface area contributed by atoms with Crippen LogP contribution in [0.15, 0.2) is 72.8 Å². The number of halogens is 3. The van der Waals surface area contributed by atoms with Crippen LogP contribution in [0.4, 0.5) is 13.2 Å². The largest absolute Gasteiger partial charge is 0.491 e. The van der Waals surface area contributed by atoms with Crippen molar-refractivity contribution in [3.63, 3.8) is 0 Å². The van der Waals surface area contributed by atoms with E-state index in [-0.39, 0.29) is 17.8 Å². The third kappa shape index (κ3) is 8.10. The molecule has 8 nitrogen and oxygen atoms in total. The van der Waals surface area contributed by atoms with E-state index >= 15 is 0 Å². The lowest BCUT2D eigenvalue weighted by molar-refractivity contribution is -0.192. The number of thiazole rings is 1. The van der Waals surface area contributed by atoms with Gasteiger partial charge in [0.15, 0.2) is 5.01 Å². The van der Waals surface area contributed by atoms with Gasteiger partial charge in [0.25, 0.3) is 5.91 Å². The van der Waals surface area contributed by atoms with E-state index in [0.717, 1.165) is 15.8 Å². The highest BCUT2D eigenvalue weighted by molar-refractivity contribution is 7.20. The van der Waals surface area contributed by atoms with Gasteiger partial charge in [-0.15, -0.1) is 11.3 Å². The first-order chi connectivity index (χ1) is 18.9. The number of alkyl halides is 3. The van der Waals surface area contributed by atoms with Crippen LogP contribution < -0.4 is 15.8 Å². The molecule has 0 bridgehead atoms. The smallest absolute Gasteiger partial charge is 0.490 e. The molecule has 0 saturated carbocycles. The number of rotatable bonds is 8. The summed E-state index contributed by atoms with van der Waals surface area (Å²) in [6.07, 6.45) is -5.04. The van der Waals surface area contributed by atoms with Crippen molar-refractivity contribution in [2.45, 2.75) is 38.7 Å². The van der Waals surface area contributed by atoms with Gasteiger partial charge in [-0.3, -0.25) is 9.59 Å². The van der Waals surface area contributed by atoms with Crippen LogP contribution in [-0.4, -0.2) is 40.0 Å². The fourth-order valence-corrected chi connectivity index (χ4v) is 4.35. The number of nitrogens with zero attached hydrogens (tertiary/aromatic N) is 1. The number of amides is 1. The first-order valence-corrected chi connectivity index (χ1v) is 12.8. The molecule has 1 heterocycles. The maximum Gasteiger partial charge on any atom is 0.490 e. The summed E-state index contributed by atoms with van der Waals surface area (Å²) in [6, 6.07) is 20.9. The lowest BCUT2D eigenvalue weighted by Crippen LogP contribution is -2.34. The Bertz CT molecular complexity index is 1440. The summed E-state index contributed by atoms with van der Waals surface area (Å²) < 4.78 is 38.3. The van der Waals surface area contributed by atoms with E-state index in [1.165, 1.54) is 11.3 Å². The molecular weight excluding hydrogens is 547 g/mol. The fourth-order valence-electron chi connectivity index (χ4n) is 3.42. The number of nitrogens with one attached hydrogen (secondary N) is 1. The van der Waals surface area contributed by atoms with E-state index in [2.05, 4.69) is 10.3 Å². The van der Waals surface area contributed by atoms with Gasteiger partial charge in [0.05, 0.1) is 16.3 Å². The number of Topliss-reactive ketones (excluding diaryl/α,β-unsaturated/α-hetero) is 1. The number of ether oxygens (including phenoxy) is 1. The summed E-state index contributed by atoms with van der Waals surface area (Å²) >= 11 is 1.32. The molecule has 4 aromatic rings. The number of para-hydroxylation sites is 1. The van der Waals surface area contributed by atoms with Crippen LogP contribution in [-0.2, 0) is 11.3 Å². The van der Waals surface area contributed by atoms with Gasteiger partial charge >= 0.3 is 12.1 Å². The van der Waals surface area contributed by atoms with Crippen molar-refractivity contribution in [3.05, 3.63) is 94.5 Å². The molecule has 4 N–H and O–H groups in total. The lowest BCUT2D eigenvalue weighted by Gasteiger charge is -2.18. The Morgan fingerprint density at radius 3 is 2.12 bits per heavy atom. The van der Waals surface area contributed by atoms with Gasteiger partial charge in [0, 0.05) is 12.1 Å². The predicted octanol–water partition coefficient (Wildman–Crippen LogP) is 5.53. The summed E-state index contributed by atoms with van der Waals surface area (Å²) in [5, 5.41) is 10.4. The molecule has 0 aliphatic heterocycles. The van der Waals surface area contributed by atoms with Crippen LogP contribution in [0.2, 0.25) is 0 Å². The molecule has 0 fully saturated rings. The molecule has 12 heteroatoms. The molecule has 0 spiro atoms. The van der Waals surface area contributed by atoms with Crippen LogP contribution in [0.5, 0.6) is 5.75 Å². The number of carboxylic acid groups (broad SMARTS) is 1. The van der Waals surface area contributed by atoms with Crippen LogP contribution in [0, 0.1) is 0 Å². The topological polar surface area (TPSA) is 132 Å². The highest BCUT2D eigenvalue weighted by atomic mass is 32.1. The third-order valence-electron chi connectivity index (χ3n) is 5.32. The zero-order valence-electron chi connectivity index (χ0n) is 21.4. The highest BCUT2D eigenvalue weighted by Gasteiger charge is 2.38. The number of hydrogen-bond donors (Lipinski definition) is 3. The molecule has 0 aliphatic carbocycles. The normalized spacial score (nSPS) is 11.9. The number of ketones is 1. The average molecular weight is 574 g/mol. The van der Waals surface area contributed by atoms with E-state index in [4.69, 9.17) is 20.4 Å². The minimum absolute atomic E-state index is 0.0389. The van der Waals surface area contributed by atoms with E-state index in [1.54, 1.807) is 24.3 Å². The maximum atomic E-state index is 13.5. The second-order valence-electron chi connectivity index (χ2n) is 8.70. The molecule has 0 radical (unpaired) electrons. The number of nitrogens with two attached hydrogens (primary N) is 1. The number of carbonyl (C=O) groups is 3. The summed E-state index contributed by atoms with van der Waals surface area (Å²) in [6.45, 7) is 4.28. The van der Waals surface area contributed by atoms with Crippen LogP contribution in [0.3, 0.4) is 0 Å². The van der Waals surface area contributed by atoms with Gasteiger partial charge < -0.3 is 20.9 Å². The van der Waals surface area contributed by atoms with E-state index < -0.39 is 18.2 Å². The van der Waals surface area contributed by atoms with Crippen molar-refractivity contribution in [1.82, 2.24) is 10.3 Å². The minimum Gasteiger partial charge on any atom is -0.491 e. The highest BCUT2D eigenvalue weighted by Crippen LogP contribution is 2.27. The molecule has 0 aliphatic rings. The molecule has 210 valence electrons. The molecule has 40 heavy (non-hydrogen) atoms. The minimum atomic E-state index is -5.08. The molecular formula is C28H26F3N3O5S. The van der Waals surface area contributed by atoms with Crippen molar-refractivity contribution in [2.24, 2.45) is 5.73 Å². The van der Waals surface area contributed by atoms with Crippen molar-refractivity contribution in [2.75, 3.05) is 0 Å². The van der Waals surface area contributed by atoms with Crippen LogP contribution >= 0.6 is 11.3 Å². The molecule has 1 atom stereocenters. The number of aromatic nitrogens is 1. The molecule has 1 aromatic heterocycles. The van der Waals surface area contributed by atoms with Gasteiger partial charge in [-0.05, 0) is 61.4 Å². The first-order valence-electron chi connectivity index (χ1n) is 12.0. The van der Waals surface area contributed by atoms with Crippen LogP contribution in [0.25, 0.3) is 10.2 Å². The monoisotopic (exact) mass is 573 g/mol. The Balaban J connectivity index is 0.000000559.